The standard InChI is InChI=1S/C19H21FN4S.C14H16FN3O2.C14H14FN3O2.C14H18FN3.C6H7NS2.HI/c1-24-7-6-13(16(20)11-24)15-10-22-17-5-4-12(9-14(15)17)23-19(21)18-3-2-8-25-18;2*1-17-5-4-10(13(15)8-17)12-7-16-14-3-2-9(18(19)20)6-11(12)14;1-18-5-4-10(13(15)8-18)12-7-17-14-3-2-9(16)6-11(12)14;1-8-6(7)5-3-2-4-9-5;/h2-5,8-10,13,16,22H,6-7,11H2,1H3,(H2,21,23);2-3,6-7,10,13,16H,4-5,8H2,1H3;2-4,6-7,13,16H,5,8H2,1H3;2-3,6-7,10,13,17H,4-5,8,16H2,1H3;2-4,7H,1H3;1H. The number of likely N-dealkylation sites (N-methyl/N-ethyl adjacent to an activating group) is 1. The van der Waals surface area contributed by atoms with Crippen LogP contribution in [0.1, 0.15) is 69.0 Å². The van der Waals surface area contributed by atoms with Crippen molar-refractivity contribution in [3.05, 3.63) is 191 Å². The first-order valence-corrected chi connectivity index (χ1v) is 33.3. The minimum atomic E-state index is -1.08. The maximum atomic E-state index is 14.6. The van der Waals surface area contributed by atoms with E-state index in [4.69, 9.17) is 16.9 Å². The molecule has 4 aliphatic rings. The number of alkyl halides is 4. The molecule has 14 rings (SSSR count). The number of thioether (sulfide) groups is 1. The van der Waals surface area contributed by atoms with E-state index in [1.807, 2.05) is 144 Å². The van der Waals surface area contributed by atoms with E-state index >= 15 is 0 Å². The van der Waals surface area contributed by atoms with Crippen LogP contribution in [0.3, 0.4) is 0 Å². The van der Waals surface area contributed by atoms with Crippen LogP contribution in [0.15, 0.2) is 144 Å². The second kappa shape index (κ2) is 31.7. The zero-order valence-electron chi connectivity index (χ0n) is 52.2. The third-order valence-corrected chi connectivity index (χ3v) is 19.9. The number of non-ortho nitro benzene ring substituents is 2. The third-order valence-electron chi connectivity index (χ3n) is 17.4. The summed E-state index contributed by atoms with van der Waals surface area (Å²) in [6.45, 7) is 5.13. The topological polar surface area (TPSA) is 251 Å². The number of nitro groups is 2. The lowest BCUT2D eigenvalue weighted by atomic mass is 9.88. The van der Waals surface area contributed by atoms with Crippen molar-refractivity contribution in [3.63, 3.8) is 0 Å². The molecule has 0 saturated carbocycles. The van der Waals surface area contributed by atoms with Crippen LogP contribution in [-0.2, 0) is 0 Å². The molecule has 10 heterocycles. The maximum absolute atomic E-state index is 14.6. The van der Waals surface area contributed by atoms with Gasteiger partial charge in [-0.1, -0.05) is 18.2 Å². The molecular weight excluding hydrogens is 1360 g/mol. The van der Waals surface area contributed by atoms with Gasteiger partial charge >= 0.3 is 0 Å². The molecule has 3 saturated heterocycles. The number of aromatic nitrogens is 4. The average Bonchev–Trinajstić information content (AvgIpc) is 1.74. The number of H-pyrrole nitrogens is 4. The van der Waals surface area contributed by atoms with Crippen LogP contribution in [0, 0.1) is 25.6 Å². The number of nitrogens with zero attached hydrogens (tertiary/aromatic N) is 7. The van der Waals surface area contributed by atoms with Crippen molar-refractivity contribution in [1.29, 1.82) is 5.41 Å². The number of nitrogens with two attached hydrogens (primary N) is 2. The smallest absolute Gasteiger partial charge is 0.270 e. The van der Waals surface area contributed by atoms with Crippen LogP contribution in [0.25, 0.3) is 49.2 Å². The molecule has 3 fully saturated rings. The molecule has 6 aromatic heterocycles. The molecular formula is C67H77F4IN14O4S3. The second-order valence-electron chi connectivity index (χ2n) is 23.8. The molecule has 4 aliphatic heterocycles. The number of amidine groups is 1. The predicted octanol–water partition coefficient (Wildman–Crippen LogP) is 15.2. The monoisotopic (exact) mass is 1440 g/mol. The van der Waals surface area contributed by atoms with Gasteiger partial charge in [0.1, 0.15) is 35.6 Å². The number of benzene rings is 4. The van der Waals surface area contributed by atoms with E-state index < -0.39 is 34.5 Å². The maximum Gasteiger partial charge on any atom is 0.270 e. The van der Waals surface area contributed by atoms with Gasteiger partial charge in [0, 0.05) is 154 Å². The lowest BCUT2D eigenvalue weighted by Crippen LogP contribution is -2.38. The molecule has 0 bridgehead atoms. The minimum Gasteiger partial charge on any atom is -0.399 e. The van der Waals surface area contributed by atoms with Crippen LogP contribution >= 0.6 is 58.4 Å². The van der Waals surface area contributed by atoms with Crippen LogP contribution in [-0.4, -0.2) is 172 Å². The summed E-state index contributed by atoms with van der Waals surface area (Å²) in [5.74, 6) is 0.228. The lowest BCUT2D eigenvalue weighted by Gasteiger charge is -2.32. The number of aromatic amines is 4. The molecule has 9 N–H and O–H groups in total. The number of aliphatic imine (C=N–C) groups is 1. The summed E-state index contributed by atoms with van der Waals surface area (Å²) in [6, 6.07) is 28.8. The molecule has 0 spiro atoms. The average molecular weight is 1440 g/mol. The van der Waals surface area contributed by atoms with E-state index in [0.29, 0.717) is 60.1 Å². The quantitative estimate of drug-likeness (QED) is 0.0136. The largest absolute Gasteiger partial charge is 0.399 e. The first kappa shape index (κ1) is 69.9. The van der Waals surface area contributed by atoms with Crippen molar-refractivity contribution in [2.75, 3.05) is 92.5 Å². The Bertz CT molecular complexity index is 4230. The van der Waals surface area contributed by atoms with Gasteiger partial charge in [-0.25, -0.2) is 22.6 Å². The SMILES string of the molecule is CN1CC=C(c2c[nH]c3ccc([N+](=O)[O-])cc23)C(F)C1.CN1CCC(c2c[nH]c3ccc(N)cc23)C(F)C1.CN1CCC(c2c[nH]c3ccc(N=C(N)c4cccs4)cc23)C(F)C1.CN1CCC(c2c[nH]c3ccc([N+](=O)[O-])cc23)C(F)C1.CSC(=N)c1cccs1.I. The fourth-order valence-corrected chi connectivity index (χ4v) is 14.3. The molecule has 7 atom stereocenters. The van der Waals surface area contributed by atoms with E-state index in [0.717, 1.165) is 115 Å². The van der Waals surface area contributed by atoms with Crippen molar-refractivity contribution < 1.29 is 27.4 Å². The van der Waals surface area contributed by atoms with Crippen LogP contribution in [0.4, 0.5) is 40.3 Å². The van der Waals surface area contributed by atoms with E-state index in [9.17, 15) is 37.8 Å². The molecule has 93 heavy (non-hydrogen) atoms. The van der Waals surface area contributed by atoms with Gasteiger partial charge in [0.15, 0.2) is 0 Å². The molecule has 10 aromatic rings. The summed E-state index contributed by atoms with van der Waals surface area (Å²) in [5.41, 5.74) is 21.4. The summed E-state index contributed by atoms with van der Waals surface area (Å²) in [6.07, 6.45) is 9.91. The highest BCUT2D eigenvalue weighted by atomic mass is 127. The number of anilines is 1. The van der Waals surface area contributed by atoms with Gasteiger partial charge < -0.3 is 46.1 Å². The van der Waals surface area contributed by atoms with Crippen molar-refractivity contribution in [3.8, 4) is 0 Å². The molecule has 18 nitrogen and oxygen atoms in total. The van der Waals surface area contributed by atoms with Crippen LogP contribution in [0.2, 0.25) is 0 Å². The summed E-state index contributed by atoms with van der Waals surface area (Å²) in [4.78, 5) is 48.0. The number of piperidine rings is 3. The minimum absolute atomic E-state index is 0. The Morgan fingerprint density at radius 1 is 0.602 bits per heavy atom. The van der Waals surface area contributed by atoms with E-state index in [1.165, 1.54) is 36.0 Å². The Kier molecular flexibility index (Phi) is 23.8. The van der Waals surface area contributed by atoms with Gasteiger partial charge in [0.05, 0.1) is 25.3 Å². The Balaban J connectivity index is 0.000000140. The van der Waals surface area contributed by atoms with E-state index in [2.05, 4.69) is 24.9 Å². The fourth-order valence-electron chi connectivity index (χ4n) is 12.4. The Morgan fingerprint density at radius 2 is 1.04 bits per heavy atom. The predicted molar refractivity (Wildman–Crippen MR) is 385 cm³/mol. The number of halogens is 5. The molecule has 0 amide bonds. The highest BCUT2D eigenvalue weighted by molar-refractivity contribution is 14.0. The summed E-state index contributed by atoms with van der Waals surface area (Å²) < 4.78 is 57.2. The number of hydrogen-bond acceptors (Lipinski definition) is 14. The zero-order valence-corrected chi connectivity index (χ0v) is 56.9. The highest BCUT2D eigenvalue weighted by Crippen LogP contribution is 2.40. The molecule has 0 radical (unpaired) electrons. The summed E-state index contributed by atoms with van der Waals surface area (Å²) in [7, 11) is 7.71. The summed E-state index contributed by atoms with van der Waals surface area (Å²) in [5, 5.41) is 37.3. The zero-order chi connectivity index (χ0) is 65.3. The van der Waals surface area contributed by atoms with E-state index in [1.54, 1.807) is 47.2 Å². The Morgan fingerprint density at radius 3 is 1.51 bits per heavy atom. The highest BCUT2D eigenvalue weighted by Gasteiger charge is 2.34. The normalized spacial score (nSPS) is 21.5. The number of rotatable bonds is 9. The molecule has 4 aromatic carbocycles. The number of hydrogen-bond donors (Lipinski definition) is 7. The van der Waals surface area contributed by atoms with Gasteiger partial charge in [-0.05, 0) is 167 Å². The van der Waals surface area contributed by atoms with Crippen LogP contribution < -0.4 is 11.5 Å². The first-order chi connectivity index (χ1) is 44.2. The number of fused-ring (bicyclic) bond motifs is 4. The number of nitrogens with one attached hydrogen (secondary N) is 5. The van der Waals surface area contributed by atoms with Gasteiger partial charge in [0.2, 0.25) is 0 Å². The molecule has 0 aliphatic carbocycles. The van der Waals surface area contributed by atoms with E-state index in [-0.39, 0.29) is 53.1 Å². The number of nitrogen functional groups attached to an aromatic ring is 1. The molecule has 26 heteroatoms. The number of thiophene rings is 2. The number of likely N-dealkylation sites (tertiary alicyclic amines) is 3. The van der Waals surface area contributed by atoms with Gasteiger partial charge in [-0.2, -0.15) is 0 Å². The summed E-state index contributed by atoms with van der Waals surface area (Å²) >= 11 is 4.65. The van der Waals surface area contributed by atoms with Gasteiger partial charge in [0.25, 0.3) is 11.4 Å². The molecule has 492 valence electrons. The molecule has 7 unspecified atom stereocenters. The van der Waals surface area contributed by atoms with Crippen molar-refractivity contribution in [2.45, 2.75) is 61.7 Å². The Hall–Kier alpha value is -7.44. The van der Waals surface area contributed by atoms with Crippen molar-refractivity contribution >= 4 is 141 Å². The first-order valence-electron chi connectivity index (χ1n) is 30.3. The lowest BCUT2D eigenvalue weighted by molar-refractivity contribution is -0.384. The van der Waals surface area contributed by atoms with Gasteiger partial charge in [-0.15, -0.1) is 58.4 Å². The van der Waals surface area contributed by atoms with Gasteiger partial charge in [-0.3, -0.25) is 30.5 Å². The van der Waals surface area contributed by atoms with Crippen molar-refractivity contribution in [2.24, 2.45) is 10.7 Å². The van der Waals surface area contributed by atoms with Crippen molar-refractivity contribution in [1.82, 2.24) is 39.5 Å². The second-order valence-corrected chi connectivity index (χ2v) is 26.5. The number of nitro benzene ring substituents is 2. The fraction of sp³-hybridized carbons (Fsp3) is 0.343. The Labute approximate surface area is 565 Å². The third kappa shape index (κ3) is 16.9. The van der Waals surface area contributed by atoms with Crippen LogP contribution in [0.5, 0.6) is 0 Å².